The summed E-state index contributed by atoms with van der Waals surface area (Å²) in [6, 6.07) is 24.7. The number of rotatable bonds is 12. The summed E-state index contributed by atoms with van der Waals surface area (Å²) in [4.78, 5) is 28.3. The Kier molecular flexibility index (Phi) is 10.4. The lowest BCUT2D eigenvalue weighted by Gasteiger charge is -2.31. The topological polar surface area (TPSA) is 86.8 Å². The summed E-state index contributed by atoms with van der Waals surface area (Å²) in [7, 11) is -0.576. The number of hydrogen-bond donors (Lipinski definition) is 1. The van der Waals surface area contributed by atoms with Crippen molar-refractivity contribution in [3.8, 4) is 0 Å². The molecule has 0 bridgehead atoms. The number of nitrogens with one attached hydrogen (secondary N) is 1. The molecule has 0 saturated heterocycles. The van der Waals surface area contributed by atoms with Gasteiger partial charge in [-0.05, 0) is 41.8 Å². The van der Waals surface area contributed by atoms with Gasteiger partial charge in [0.2, 0.25) is 21.8 Å². The van der Waals surface area contributed by atoms with Gasteiger partial charge in [0.05, 0.1) is 4.90 Å². The monoisotopic (exact) mass is 585 g/mol. The van der Waals surface area contributed by atoms with Crippen LogP contribution in [0.2, 0.25) is 0 Å². The summed E-state index contributed by atoms with van der Waals surface area (Å²) >= 11 is 3.47. The third kappa shape index (κ3) is 7.99. The largest absolute Gasteiger partial charge is 0.357 e. The van der Waals surface area contributed by atoms with Crippen molar-refractivity contribution in [3.63, 3.8) is 0 Å². The lowest BCUT2D eigenvalue weighted by molar-refractivity contribution is -0.141. The molecule has 7 nitrogen and oxygen atoms in total. The van der Waals surface area contributed by atoms with E-state index in [4.69, 9.17) is 0 Å². The third-order valence-corrected chi connectivity index (χ3v) is 8.44. The number of halogens is 1. The minimum absolute atomic E-state index is 0.102. The maximum absolute atomic E-state index is 13.6. The van der Waals surface area contributed by atoms with E-state index in [-0.39, 0.29) is 36.2 Å². The second-order valence-corrected chi connectivity index (χ2v) is 11.7. The van der Waals surface area contributed by atoms with Crippen LogP contribution in [-0.4, -0.2) is 56.1 Å². The van der Waals surface area contributed by atoms with Crippen LogP contribution in [0.15, 0.2) is 94.3 Å². The van der Waals surface area contributed by atoms with Crippen LogP contribution in [0.3, 0.4) is 0 Å². The normalized spacial score (nSPS) is 12.2. The highest BCUT2D eigenvalue weighted by atomic mass is 79.9. The predicted molar refractivity (Wildman–Crippen MR) is 148 cm³/mol. The third-order valence-electron chi connectivity index (χ3n) is 6.07. The van der Waals surface area contributed by atoms with Crippen LogP contribution < -0.4 is 5.32 Å². The smallest absolute Gasteiger partial charge is 0.242 e. The first-order chi connectivity index (χ1) is 17.7. The maximum Gasteiger partial charge on any atom is 0.242 e. The molecule has 0 aliphatic carbocycles. The average molecular weight is 587 g/mol. The summed E-state index contributed by atoms with van der Waals surface area (Å²) in [5.41, 5.74) is 1.82. The zero-order valence-corrected chi connectivity index (χ0v) is 23.4. The van der Waals surface area contributed by atoms with Crippen LogP contribution in [0.4, 0.5) is 0 Å². The van der Waals surface area contributed by atoms with E-state index < -0.39 is 16.1 Å². The fourth-order valence-corrected chi connectivity index (χ4v) is 5.72. The van der Waals surface area contributed by atoms with E-state index in [1.165, 1.54) is 11.4 Å². The van der Waals surface area contributed by atoms with Crippen molar-refractivity contribution in [1.29, 1.82) is 0 Å². The molecule has 0 spiro atoms. The first-order valence-corrected chi connectivity index (χ1v) is 14.3. The first kappa shape index (κ1) is 28.6. The zero-order chi connectivity index (χ0) is 26.8. The molecule has 3 aromatic rings. The Morgan fingerprint density at radius 1 is 0.919 bits per heavy atom. The van der Waals surface area contributed by atoms with Crippen molar-refractivity contribution in [2.75, 3.05) is 20.6 Å². The number of carbonyl (C=O) groups excluding carboxylic acids is 2. The number of hydrogen-bond acceptors (Lipinski definition) is 4. The van der Waals surface area contributed by atoms with Crippen LogP contribution >= 0.6 is 15.9 Å². The lowest BCUT2D eigenvalue weighted by atomic mass is 10.0. The number of sulfonamides is 1. The molecule has 2 amide bonds. The summed E-state index contributed by atoms with van der Waals surface area (Å²) < 4.78 is 27.8. The van der Waals surface area contributed by atoms with Crippen molar-refractivity contribution in [3.05, 3.63) is 101 Å². The molecule has 0 aliphatic rings. The van der Waals surface area contributed by atoms with Gasteiger partial charge in [0, 0.05) is 44.5 Å². The molecule has 0 heterocycles. The fourth-order valence-electron chi connectivity index (χ4n) is 4.04. The standard InChI is InChI=1S/C28H32BrN3O4S/c1-30-28(34)26(20-22-11-5-3-6-12-22)32(21-23-13-9-14-24(29)19-23)27(33)17-10-18-31(2)37(35,36)25-15-7-4-8-16-25/h3-9,11-16,19,26H,10,17-18,20-21H2,1-2H3,(H,30,34). The van der Waals surface area contributed by atoms with E-state index in [0.29, 0.717) is 12.8 Å². The second-order valence-electron chi connectivity index (χ2n) is 8.71. The molecule has 3 aromatic carbocycles. The van der Waals surface area contributed by atoms with E-state index in [1.807, 2.05) is 54.6 Å². The molecule has 0 radical (unpaired) electrons. The van der Waals surface area contributed by atoms with Crippen LogP contribution in [-0.2, 0) is 32.6 Å². The number of likely N-dealkylation sites (N-methyl/N-ethyl adjacent to an activating group) is 1. The van der Waals surface area contributed by atoms with Crippen molar-refractivity contribution >= 4 is 37.8 Å². The van der Waals surface area contributed by atoms with Crippen LogP contribution in [0.1, 0.15) is 24.0 Å². The highest BCUT2D eigenvalue weighted by Crippen LogP contribution is 2.20. The highest BCUT2D eigenvalue weighted by molar-refractivity contribution is 9.10. The van der Waals surface area contributed by atoms with Crippen molar-refractivity contribution in [2.45, 2.75) is 36.7 Å². The SMILES string of the molecule is CNC(=O)C(Cc1ccccc1)N(Cc1cccc(Br)c1)C(=O)CCCN(C)S(=O)(=O)c1ccccc1. The van der Waals surface area contributed by atoms with Gasteiger partial charge in [0.1, 0.15) is 6.04 Å². The molecule has 0 fully saturated rings. The first-order valence-electron chi connectivity index (χ1n) is 12.0. The van der Waals surface area contributed by atoms with E-state index in [1.54, 1.807) is 42.3 Å². The molecule has 0 aliphatic heterocycles. The van der Waals surface area contributed by atoms with Gasteiger partial charge in [-0.3, -0.25) is 9.59 Å². The van der Waals surface area contributed by atoms with Gasteiger partial charge in [-0.15, -0.1) is 0 Å². The predicted octanol–water partition coefficient (Wildman–Crippen LogP) is 4.24. The van der Waals surface area contributed by atoms with Gasteiger partial charge < -0.3 is 10.2 Å². The Morgan fingerprint density at radius 3 is 2.16 bits per heavy atom. The molecule has 1 unspecified atom stereocenters. The van der Waals surface area contributed by atoms with E-state index in [2.05, 4.69) is 21.2 Å². The van der Waals surface area contributed by atoms with Gasteiger partial charge in [-0.25, -0.2) is 12.7 Å². The second kappa shape index (κ2) is 13.5. The minimum atomic E-state index is -3.65. The summed E-state index contributed by atoms with van der Waals surface area (Å²) in [5, 5.41) is 2.70. The number of carbonyl (C=O) groups is 2. The summed E-state index contributed by atoms with van der Waals surface area (Å²) in [6.07, 6.45) is 0.787. The quantitative estimate of drug-likeness (QED) is 0.344. The van der Waals surface area contributed by atoms with Crippen LogP contribution in [0, 0.1) is 0 Å². The van der Waals surface area contributed by atoms with E-state index >= 15 is 0 Å². The molecule has 37 heavy (non-hydrogen) atoms. The van der Waals surface area contributed by atoms with Gasteiger partial charge in [-0.2, -0.15) is 0 Å². The molecule has 196 valence electrons. The maximum atomic E-state index is 13.6. The van der Waals surface area contributed by atoms with Gasteiger partial charge in [0.25, 0.3) is 0 Å². The molecule has 0 saturated carbocycles. The average Bonchev–Trinajstić information content (AvgIpc) is 2.91. The van der Waals surface area contributed by atoms with Crippen LogP contribution in [0.25, 0.3) is 0 Å². The molecule has 3 rings (SSSR count). The molecule has 0 aromatic heterocycles. The van der Waals surface area contributed by atoms with Gasteiger partial charge >= 0.3 is 0 Å². The Morgan fingerprint density at radius 2 is 1.54 bits per heavy atom. The van der Waals surface area contributed by atoms with Gasteiger partial charge in [-0.1, -0.05) is 76.6 Å². The van der Waals surface area contributed by atoms with Gasteiger partial charge in [0.15, 0.2) is 0 Å². The molecule has 1 atom stereocenters. The summed E-state index contributed by atoms with van der Waals surface area (Å²) in [6.45, 7) is 0.429. The van der Waals surface area contributed by atoms with Crippen molar-refractivity contribution < 1.29 is 18.0 Å². The van der Waals surface area contributed by atoms with Crippen LogP contribution in [0.5, 0.6) is 0 Å². The zero-order valence-electron chi connectivity index (χ0n) is 21.0. The van der Waals surface area contributed by atoms with Crippen molar-refractivity contribution in [2.24, 2.45) is 0 Å². The highest BCUT2D eigenvalue weighted by Gasteiger charge is 2.30. The fraction of sp³-hybridized carbons (Fsp3) is 0.286. The lowest BCUT2D eigenvalue weighted by Crippen LogP contribution is -2.49. The van der Waals surface area contributed by atoms with E-state index in [9.17, 15) is 18.0 Å². The molecular weight excluding hydrogens is 554 g/mol. The molecule has 9 heteroatoms. The van der Waals surface area contributed by atoms with E-state index in [0.717, 1.165) is 15.6 Å². The summed E-state index contributed by atoms with van der Waals surface area (Å²) in [5.74, 6) is -0.467. The Hall–Kier alpha value is -3.01. The molecular formula is C28H32BrN3O4S. The Balaban J connectivity index is 1.78. The Labute approximate surface area is 227 Å². The minimum Gasteiger partial charge on any atom is -0.357 e. The Bertz CT molecular complexity index is 1290. The number of amides is 2. The number of benzene rings is 3. The molecule has 1 N–H and O–H groups in total. The van der Waals surface area contributed by atoms with Crippen molar-refractivity contribution in [1.82, 2.24) is 14.5 Å². The number of nitrogens with zero attached hydrogens (tertiary/aromatic N) is 2.